The molecular formula is C54H35NOS. The van der Waals surface area contributed by atoms with Crippen LogP contribution in [-0.2, 0) is 0 Å². The zero-order valence-electron chi connectivity index (χ0n) is 31.0. The molecule has 0 amide bonds. The number of hydrogen-bond donors (Lipinski definition) is 0. The van der Waals surface area contributed by atoms with Crippen LogP contribution in [0, 0.1) is 0 Å². The summed E-state index contributed by atoms with van der Waals surface area (Å²) in [6, 6.07) is 76.4. The number of furan rings is 1. The molecule has 0 radical (unpaired) electrons. The minimum Gasteiger partial charge on any atom is -0.456 e. The number of hydrogen-bond acceptors (Lipinski definition) is 3. The zero-order valence-corrected chi connectivity index (χ0v) is 31.8. The van der Waals surface area contributed by atoms with Gasteiger partial charge in [0.1, 0.15) is 11.2 Å². The van der Waals surface area contributed by atoms with Gasteiger partial charge in [-0.15, -0.1) is 11.3 Å². The number of para-hydroxylation sites is 1. The Bertz CT molecular complexity index is 3230. The number of anilines is 3. The molecular weight excluding hydrogens is 711 g/mol. The van der Waals surface area contributed by atoms with E-state index in [-0.39, 0.29) is 0 Å². The molecule has 11 aromatic rings. The lowest BCUT2D eigenvalue weighted by Gasteiger charge is -2.27. The molecule has 0 saturated carbocycles. The molecule has 0 spiro atoms. The van der Waals surface area contributed by atoms with Crippen molar-refractivity contribution in [3.8, 4) is 44.5 Å². The van der Waals surface area contributed by atoms with E-state index in [0.717, 1.165) is 61.3 Å². The highest BCUT2D eigenvalue weighted by Gasteiger charge is 2.22. The first-order chi connectivity index (χ1) is 28.3. The van der Waals surface area contributed by atoms with E-state index in [9.17, 15) is 0 Å². The van der Waals surface area contributed by atoms with Crippen LogP contribution in [0.25, 0.3) is 86.6 Å². The summed E-state index contributed by atoms with van der Waals surface area (Å²) in [4.78, 5) is 2.44. The number of benzene rings is 9. The predicted molar refractivity (Wildman–Crippen MR) is 243 cm³/mol. The second kappa shape index (κ2) is 13.8. The molecule has 0 aliphatic carbocycles. The van der Waals surface area contributed by atoms with E-state index in [1.54, 1.807) is 0 Å². The smallest absolute Gasteiger partial charge is 0.136 e. The summed E-state index contributed by atoms with van der Waals surface area (Å²) in [5.74, 6) is 0. The van der Waals surface area contributed by atoms with Crippen LogP contribution in [0.1, 0.15) is 0 Å². The predicted octanol–water partition coefficient (Wildman–Crippen LogP) is 16.1. The SMILES string of the molecule is c1ccc(-c2ccccc2-c2ccc(N(c3ccc(-c4cccc5oc6ccccc6c45)c(-c4ccccc4)c3)c3cccc4c3sc3ccccc34)cc2)cc1. The Hall–Kier alpha value is -7.20. The standard InChI is InChI=1S/C54H35NOS/c1-3-15-36(16-4-1)41-19-7-8-20-42(41)38-29-31-39(32-30-38)55(49-25-13-24-46-44-21-10-12-28-52(44)57-54(46)49)40-33-34-43(48(35-40)37-17-5-2-6-18-37)45-23-14-27-51-53(45)47-22-9-11-26-50(47)56-51/h1-35H. The number of nitrogens with zero attached hydrogens (tertiary/aromatic N) is 1. The summed E-state index contributed by atoms with van der Waals surface area (Å²) >= 11 is 1.86. The van der Waals surface area contributed by atoms with Crippen LogP contribution in [0.3, 0.4) is 0 Å². The van der Waals surface area contributed by atoms with Crippen LogP contribution < -0.4 is 4.90 Å². The van der Waals surface area contributed by atoms with Gasteiger partial charge in [-0.1, -0.05) is 164 Å². The van der Waals surface area contributed by atoms with Gasteiger partial charge in [-0.3, -0.25) is 0 Å². The van der Waals surface area contributed by atoms with Crippen molar-refractivity contribution in [2.24, 2.45) is 0 Å². The lowest BCUT2D eigenvalue weighted by Crippen LogP contribution is -2.10. The maximum Gasteiger partial charge on any atom is 0.136 e. The van der Waals surface area contributed by atoms with Gasteiger partial charge in [0.05, 0.1) is 10.4 Å². The van der Waals surface area contributed by atoms with E-state index in [1.807, 2.05) is 17.4 Å². The Morgan fingerprint density at radius 2 is 0.912 bits per heavy atom. The maximum absolute atomic E-state index is 6.37. The highest BCUT2D eigenvalue weighted by Crippen LogP contribution is 2.48. The van der Waals surface area contributed by atoms with E-state index >= 15 is 0 Å². The molecule has 0 aliphatic heterocycles. The van der Waals surface area contributed by atoms with Crippen LogP contribution in [-0.4, -0.2) is 0 Å². The second-order valence-corrected chi connectivity index (χ2v) is 15.5. The molecule has 0 aliphatic rings. The fourth-order valence-electron chi connectivity index (χ4n) is 8.49. The minimum absolute atomic E-state index is 0.892. The van der Waals surface area contributed by atoms with Gasteiger partial charge in [-0.2, -0.15) is 0 Å². The minimum atomic E-state index is 0.892. The Morgan fingerprint density at radius 1 is 0.351 bits per heavy atom. The first kappa shape index (κ1) is 33.2. The average Bonchev–Trinajstić information content (AvgIpc) is 3.87. The van der Waals surface area contributed by atoms with E-state index in [0.29, 0.717) is 0 Å². The molecule has 57 heavy (non-hydrogen) atoms. The van der Waals surface area contributed by atoms with Crippen molar-refractivity contribution in [3.63, 3.8) is 0 Å². The van der Waals surface area contributed by atoms with E-state index in [4.69, 9.17) is 4.42 Å². The van der Waals surface area contributed by atoms with Crippen LogP contribution in [0.15, 0.2) is 217 Å². The summed E-state index contributed by atoms with van der Waals surface area (Å²) < 4.78 is 8.92. The number of thiophene rings is 1. The number of rotatable bonds is 7. The maximum atomic E-state index is 6.37. The second-order valence-electron chi connectivity index (χ2n) is 14.4. The zero-order chi connectivity index (χ0) is 37.7. The van der Waals surface area contributed by atoms with Crippen molar-refractivity contribution >= 4 is 70.5 Å². The third kappa shape index (κ3) is 5.71. The van der Waals surface area contributed by atoms with Gasteiger partial charge in [0.25, 0.3) is 0 Å². The quantitative estimate of drug-likeness (QED) is 0.162. The summed E-state index contributed by atoms with van der Waals surface area (Å²) in [7, 11) is 0. The van der Waals surface area contributed by atoms with Gasteiger partial charge in [-0.05, 0) is 93.0 Å². The Labute approximate surface area is 335 Å². The van der Waals surface area contributed by atoms with Gasteiger partial charge < -0.3 is 9.32 Å². The molecule has 3 heteroatoms. The Balaban J connectivity index is 1.13. The molecule has 268 valence electrons. The first-order valence-corrected chi connectivity index (χ1v) is 20.2. The van der Waals surface area contributed by atoms with Gasteiger partial charge in [-0.25, -0.2) is 0 Å². The molecule has 9 aromatic carbocycles. The molecule has 0 saturated heterocycles. The van der Waals surface area contributed by atoms with Crippen LogP contribution in [0.2, 0.25) is 0 Å². The van der Waals surface area contributed by atoms with Crippen molar-refractivity contribution in [1.82, 2.24) is 0 Å². The van der Waals surface area contributed by atoms with Crippen LogP contribution in [0.5, 0.6) is 0 Å². The fourth-order valence-corrected chi connectivity index (χ4v) is 9.70. The van der Waals surface area contributed by atoms with Crippen LogP contribution >= 0.6 is 11.3 Å². The summed E-state index contributed by atoms with van der Waals surface area (Å²) in [5.41, 5.74) is 14.6. The van der Waals surface area contributed by atoms with Gasteiger partial charge in [0.2, 0.25) is 0 Å². The topological polar surface area (TPSA) is 16.4 Å². The highest BCUT2D eigenvalue weighted by molar-refractivity contribution is 7.26. The molecule has 0 fully saturated rings. The monoisotopic (exact) mass is 745 g/mol. The normalized spacial score (nSPS) is 11.5. The van der Waals surface area contributed by atoms with E-state index < -0.39 is 0 Å². The van der Waals surface area contributed by atoms with Crippen molar-refractivity contribution in [1.29, 1.82) is 0 Å². The fraction of sp³-hybridized carbons (Fsp3) is 0. The third-order valence-electron chi connectivity index (χ3n) is 11.1. The molecule has 0 bridgehead atoms. The first-order valence-electron chi connectivity index (χ1n) is 19.3. The number of fused-ring (bicyclic) bond motifs is 6. The van der Waals surface area contributed by atoms with Gasteiger partial charge in [0.15, 0.2) is 0 Å². The van der Waals surface area contributed by atoms with Crippen molar-refractivity contribution in [2.45, 2.75) is 0 Å². The van der Waals surface area contributed by atoms with E-state index in [2.05, 4.69) is 211 Å². The van der Waals surface area contributed by atoms with Gasteiger partial charge in [0, 0.05) is 37.6 Å². The van der Waals surface area contributed by atoms with E-state index in [1.165, 1.54) is 42.4 Å². The van der Waals surface area contributed by atoms with Crippen molar-refractivity contribution in [3.05, 3.63) is 212 Å². The molecule has 0 atom stereocenters. The van der Waals surface area contributed by atoms with Gasteiger partial charge >= 0.3 is 0 Å². The molecule has 0 unspecified atom stereocenters. The van der Waals surface area contributed by atoms with Crippen molar-refractivity contribution in [2.75, 3.05) is 4.90 Å². The summed E-state index contributed by atoms with van der Waals surface area (Å²) in [5, 5.41) is 4.81. The Morgan fingerprint density at radius 3 is 1.68 bits per heavy atom. The Kier molecular flexibility index (Phi) is 8.04. The van der Waals surface area contributed by atoms with Crippen molar-refractivity contribution < 1.29 is 4.42 Å². The lowest BCUT2D eigenvalue weighted by atomic mass is 9.91. The molecule has 2 heterocycles. The molecule has 2 nitrogen and oxygen atoms in total. The van der Waals surface area contributed by atoms with Crippen LogP contribution in [0.4, 0.5) is 17.1 Å². The summed E-state index contributed by atoms with van der Waals surface area (Å²) in [6.45, 7) is 0. The lowest BCUT2D eigenvalue weighted by molar-refractivity contribution is 0.669. The average molecular weight is 746 g/mol. The molecule has 11 rings (SSSR count). The molecule has 0 N–H and O–H groups in total. The molecule has 2 aromatic heterocycles. The third-order valence-corrected chi connectivity index (χ3v) is 12.3. The largest absolute Gasteiger partial charge is 0.456 e. The summed E-state index contributed by atoms with van der Waals surface area (Å²) in [6.07, 6.45) is 0. The highest BCUT2D eigenvalue weighted by atomic mass is 32.1.